The Balaban J connectivity index is 0.000000111. The number of aromatic nitrogens is 7. The number of likely N-dealkylation sites (N-methyl/N-ethyl adjacent to an activating group) is 1. The lowest BCUT2D eigenvalue weighted by Gasteiger charge is -2.36. The van der Waals surface area contributed by atoms with E-state index in [0.29, 0.717) is 85.2 Å². The second kappa shape index (κ2) is 40.7. The van der Waals surface area contributed by atoms with E-state index in [9.17, 15) is 39.6 Å². The largest absolute Gasteiger partial charge is 0.481 e. The number of carbonyl (C=O) groups is 4. The monoisotopic (exact) mass is 2040 g/mol. The number of hydrogen-bond donors (Lipinski definition) is 4. The molecular formula is C114H120Cl4N16O12. The van der Waals surface area contributed by atoms with Crippen molar-refractivity contribution in [3.63, 3.8) is 0 Å². The fourth-order valence-corrected chi connectivity index (χ4v) is 24.9. The lowest BCUT2D eigenvalue weighted by Crippen LogP contribution is -2.47. The van der Waals surface area contributed by atoms with Gasteiger partial charge in [-0.3, -0.25) is 24.4 Å². The average molecular weight is 2050 g/mol. The van der Waals surface area contributed by atoms with Gasteiger partial charge in [-0.25, -0.2) is 14.4 Å². The Bertz CT molecular complexity index is 7470. The van der Waals surface area contributed by atoms with Gasteiger partial charge in [-0.05, 0) is 206 Å². The van der Waals surface area contributed by atoms with Gasteiger partial charge in [-0.1, -0.05) is 134 Å². The summed E-state index contributed by atoms with van der Waals surface area (Å²) in [6.07, 6.45) is 17.9. The van der Waals surface area contributed by atoms with E-state index in [2.05, 4.69) is 157 Å². The number of anilines is 5. The van der Waals surface area contributed by atoms with Gasteiger partial charge in [-0.15, -0.1) is 0 Å². The molecule has 6 saturated heterocycles. The van der Waals surface area contributed by atoms with Gasteiger partial charge in [0.1, 0.15) is 51.7 Å². The molecule has 146 heavy (non-hydrogen) atoms. The number of piperazine rings is 4. The number of likely N-dealkylation sites (tertiary alicyclic amines) is 2. The topological polar surface area (TPSA) is 297 Å². The highest BCUT2D eigenvalue weighted by molar-refractivity contribution is 6.40. The highest BCUT2D eigenvalue weighted by atomic mass is 35.5. The minimum Gasteiger partial charge on any atom is -0.481 e. The van der Waals surface area contributed by atoms with E-state index in [1.807, 2.05) is 128 Å². The van der Waals surface area contributed by atoms with E-state index in [1.54, 1.807) is 18.6 Å². The molecule has 8 aromatic carbocycles. The van der Waals surface area contributed by atoms with E-state index in [4.69, 9.17) is 64.5 Å². The number of fused-ring (bicyclic) bond motifs is 8. The first-order valence-electron chi connectivity index (χ1n) is 51.1. The van der Waals surface area contributed by atoms with E-state index in [0.717, 1.165) is 304 Å². The van der Waals surface area contributed by atoms with Crippen LogP contribution in [0.15, 0.2) is 194 Å². The van der Waals surface area contributed by atoms with Gasteiger partial charge in [0, 0.05) is 289 Å². The molecule has 0 spiro atoms. The number of benzene rings is 8. The van der Waals surface area contributed by atoms with Crippen molar-refractivity contribution in [2.24, 2.45) is 21.1 Å². The molecule has 5 unspecified atom stereocenters. The van der Waals surface area contributed by atoms with Crippen molar-refractivity contribution >= 4 is 131 Å². The number of carboxylic acid groups (broad SMARTS) is 4. The highest BCUT2D eigenvalue weighted by Gasteiger charge is 2.47. The molecule has 10 aliphatic rings. The molecule has 7 aliphatic heterocycles. The number of aromatic carboxylic acids is 3. The van der Waals surface area contributed by atoms with Crippen molar-refractivity contribution < 1.29 is 57.7 Å². The Morgan fingerprint density at radius 3 is 1.14 bits per heavy atom. The Hall–Kier alpha value is -12.9. The summed E-state index contributed by atoms with van der Waals surface area (Å²) in [4.78, 5) is 68.4. The number of nitrogens with zero attached hydrogens (tertiary/aromatic N) is 16. The van der Waals surface area contributed by atoms with Crippen LogP contribution in [-0.2, 0) is 51.6 Å². The molecule has 9 fully saturated rings. The van der Waals surface area contributed by atoms with Crippen LogP contribution < -0.4 is 24.5 Å². The summed E-state index contributed by atoms with van der Waals surface area (Å²) in [5.74, 6) is 1.58. The lowest BCUT2D eigenvalue weighted by molar-refractivity contribution is -0.138. The van der Waals surface area contributed by atoms with Crippen LogP contribution in [0, 0.1) is 20.8 Å². The van der Waals surface area contributed by atoms with Crippen molar-refractivity contribution in [2.75, 3.05) is 143 Å². The summed E-state index contributed by atoms with van der Waals surface area (Å²) < 4.78 is 28.9. The van der Waals surface area contributed by atoms with E-state index in [1.165, 1.54) is 46.3 Å². The van der Waals surface area contributed by atoms with E-state index < -0.39 is 29.8 Å². The van der Waals surface area contributed by atoms with Crippen molar-refractivity contribution in [1.29, 1.82) is 0 Å². The standard InChI is InChI=1S/C29H30Cl2N4O3.C29H28Cl2N4O3.C29H32N4O3.C27H30N4O3/c2*1-33-15-22(29(36)37)20-8-7-17(12-25(20)33)35-14-18-11-19(35)13-34(18)10-9-21-27(32-38-28(21)16-5-6-16)26-23(30)3-2-4-24(26)31;1-19-5-3-4-6-22(19)27-24(28(36-30-27)20-7-8-20)11-12-32-13-15-33(16-14-32)21-9-10-23-25(29(34)35)18-31(2)26(23)17-21;1-18-6-4-5-7-21(18)26-22(19(2)34-28-26)10-11-30-12-14-31(15-13-30)20-8-9-23-24(27(32)33)17-29(3)25(23)16-20/h2-4,7-8,12,16,18-19,22H,5-6,9-11,13-15H2,1H3,(H,36,37);2-4,7-8,12,15-16,18-19H,5-6,9-11,13-14H2,1H3,(H,36,37);3-6,9-10,17-18,20H,7-8,11-16H2,1-2H3,(H,34,35);4-9,16-17H,10-15H2,1-3H3,(H,32,33). The molecule has 25 rings (SSSR count). The summed E-state index contributed by atoms with van der Waals surface area (Å²) in [5, 5.41) is 60.5. The normalized spacial score (nSPS) is 19.4. The van der Waals surface area contributed by atoms with Crippen LogP contribution in [0.1, 0.15) is 168 Å². The number of aryl methyl sites for hydroxylation is 6. The molecule has 7 aromatic heterocycles. The van der Waals surface area contributed by atoms with Crippen LogP contribution in [-0.4, -0.2) is 241 Å². The fourth-order valence-electron chi connectivity index (χ4n) is 23.7. The van der Waals surface area contributed by atoms with Gasteiger partial charge >= 0.3 is 23.9 Å². The van der Waals surface area contributed by atoms with Gasteiger partial charge in [-0.2, -0.15) is 0 Å². The Morgan fingerprint density at radius 1 is 0.377 bits per heavy atom. The predicted octanol–water partition coefficient (Wildman–Crippen LogP) is 21.5. The van der Waals surface area contributed by atoms with Crippen molar-refractivity contribution in [3.8, 4) is 45.0 Å². The molecule has 5 atom stereocenters. The maximum Gasteiger partial charge on any atom is 0.337 e. The Kier molecular flexibility index (Phi) is 27.3. The summed E-state index contributed by atoms with van der Waals surface area (Å²) in [6.45, 7) is 22.3. The first kappa shape index (κ1) is 97.8. The Morgan fingerprint density at radius 2 is 0.740 bits per heavy atom. The smallest absolute Gasteiger partial charge is 0.337 e. The lowest BCUT2D eigenvalue weighted by atomic mass is 9.98. The van der Waals surface area contributed by atoms with Crippen LogP contribution in [0.4, 0.5) is 28.4 Å². The summed E-state index contributed by atoms with van der Waals surface area (Å²) in [6, 6.07) is 54.4. The van der Waals surface area contributed by atoms with E-state index >= 15 is 0 Å². The maximum atomic E-state index is 11.7. The van der Waals surface area contributed by atoms with Crippen molar-refractivity contribution in [1.82, 2.24) is 53.9 Å². The fraction of sp³-hybridized carbons (Fsp3) is 0.386. The van der Waals surface area contributed by atoms with Crippen LogP contribution in [0.5, 0.6) is 0 Å². The minimum atomic E-state index is -0.892. The molecular weight excluding hydrogens is 1930 g/mol. The molecule has 3 saturated carbocycles. The SMILES string of the molecule is CN1CC(C(=O)O)c2ccc(N3CC4CC3CN4CCc3c(-c4c(Cl)cccc4Cl)noc3C3CC3)cc21.Cc1ccccc1-c1noc(C)c1CCN1CCN(c2ccc3c(C(=O)O)cn(C)c3c2)CC1.Cc1ccccc1-c1noc(C2CC2)c1CCN1CCN(c2ccc3c(C(=O)O)cn(C)c3c2)CC1.Cn1cc(C(=O)O)c2ccc(N3CC4CC3CN4CCc3c(-c4c(Cl)cccc4Cl)noc3C3CC3)cc21. The quantitative estimate of drug-likeness (QED) is 0.0372. The zero-order valence-corrected chi connectivity index (χ0v) is 86.1. The summed E-state index contributed by atoms with van der Waals surface area (Å²) in [5.41, 5.74) is 25.1. The molecule has 3 aliphatic carbocycles. The van der Waals surface area contributed by atoms with Gasteiger partial charge < -0.3 is 76.7 Å². The average Bonchev–Trinajstić information content (AvgIpc) is 1.61. The number of carboxylic acids is 4. The number of hydrogen-bond acceptors (Lipinski definition) is 21. The second-order valence-electron chi connectivity index (χ2n) is 41.4. The van der Waals surface area contributed by atoms with Gasteiger partial charge in [0.05, 0.1) is 53.3 Å². The zero-order chi connectivity index (χ0) is 101. The summed E-state index contributed by atoms with van der Waals surface area (Å²) >= 11 is 26.2. The third-order valence-corrected chi connectivity index (χ3v) is 33.4. The molecule has 28 nitrogen and oxygen atoms in total. The van der Waals surface area contributed by atoms with Crippen molar-refractivity contribution in [3.05, 3.63) is 275 Å². The molecule has 756 valence electrons. The molecule has 4 N–H and O–H groups in total. The number of aliphatic carboxylic acids is 1. The van der Waals surface area contributed by atoms with Gasteiger partial charge in [0.15, 0.2) is 0 Å². The molecule has 32 heteroatoms. The third-order valence-electron chi connectivity index (χ3n) is 32.2. The predicted molar refractivity (Wildman–Crippen MR) is 572 cm³/mol. The van der Waals surface area contributed by atoms with Crippen LogP contribution >= 0.6 is 46.4 Å². The molecule has 4 bridgehead atoms. The van der Waals surface area contributed by atoms with Crippen molar-refractivity contribution in [2.45, 2.75) is 146 Å². The third kappa shape index (κ3) is 19.4. The number of halogens is 4. The van der Waals surface area contributed by atoms with E-state index in [-0.39, 0.29) is 0 Å². The maximum absolute atomic E-state index is 11.7. The molecule has 0 amide bonds. The van der Waals surface area contributed by atoms with Gasteiger partial charge in [0.25, 0.3) is 0 Å². The van der Waals surface area contributed by atoms with Crippen LogP contribution in [0.2, 0.25) is 20.1 Å². The number of rotatable bonds is 27. The molecule has 0 radical (unpaired) electrons. The first-order valence-corrected chi connectivity index (χ1v) is 52.6. The first-order chi connectivity index (χ1) is 70.7. The Labute approximate surface area is 867 Å². The second-order valence-corrected chi connectivity index (χ2v) is 43.0. The summed E-state index contributed by atoms with van der Waals surface area (Å²) in [7, 11) is 7.69. The molecule has 15 aromatic rings. The van der Waals surface area contributed by atoms with Crippen LogP contribution in [0.25, 0.3) is 77.7 Å². The van der Waals surface area contributed by atoms with Crippen LogP contribution in [0.3, 0.4) is 0 Å². The molecule has 14 heterocycles. The highest BCUT2D eigenvalue weighted by Crippen LogP contribution is 2.51. The zero-order valence-electron chi connectivity index (χ0n) is 83.1. The minimum absolute atomic E-state index is 0.347. The van der Waals surface area contributed by atoms with Gasteiger partial charge in [0.2, 0.25) is 0 Å².